The highest BCUT2D eigenvalue weighted by atomic mass is 16.5. The summed E-state index contributed by atoms with van der Waals surface area (Å²) in [7, 11) is 1.34. The largest absolute Gasteiger partial charge is 0.467 e. The zero-order chi connectivity index (χ0) is 26.8. The quantitative estimate of drug-likeness (QED) is 0.334. The highest BCUT2D eigenvalue weighted by molar-refractivity contribution is 6.02. The number of benzene rings is 3. The van der Waals surface area contributed by atoms with E-state index in [0.717, 1.165) is 22.3 Å². The van der Waals surface area contributed by atoms with Gasteiger partial charge in [0.05, 0.1) is 13.3 Å². The minimum Gasteiger partial charge on any atom is -0.467 e. The molecule has 1 atom stereocenters. The Labute approximate surface area is 220 Å². The summed E-state index contributed by atoms with van der Waals surface area (Å²) in [5, 5.41) is 2.80. The fourth-order valence-electron chi connectivity index (χ4n) is 4.65. The number of hydrogen-bond acceptors (Lipinski definition) is 6. The molecule has 4 aromatic rings. The summed E-state index contributed by atoms with van der Waals surface area (Å²) >= 11 is 0. The van der Waals surface area contributed by atoms with Gasteiger partial charge in [-0.15, -0.1) is 0 Å². The van der Waals surface area contributed by atoms with Gasteiger partial charge in [-0.2, -0.15) is 0 Å². The summed E-state index contributed by atoms with van der Waals surface area (Å²) < 4.78 is 10.6. The van der Waals surface area contributed by atoms with Gasteiger partial charge in [0.2, 0.25) is 0 Å². The lowest BCUT2D eigenvalue weighted by Gasteiger charge is -2.28. The van der Waals surface area contributed by atoms with Gasteiger partial charge in [-0.05, 0) is 40.8 Å². The number of nitrogens with one attached hydrogen (secondary N) is 1. The summed E-state index contributed by atoms with van der Waals surface area (Å²) in [6, 6.07) is 21.8. The highest BCUT2D eigenvalue weighted by Gasteiger charge is 2.38. The lowest BCUT2D eigenvalue weighted by molar-refractivity contribution is -0.147. The number of methoxy groups -OCH3 is 1. The molecule has 0 saturated heterocycles. The molecular weight excluding hydrogens is 482 g/mol. The van der Waals surface area contributed by atoms with E-state index < -0.39 is 17.9 Å². The van der Waals surface area contributed by atoms with Crippen LogP contribution in [-0.4, -0.2) is 40.8 Å². The average Bonchev–Trinajstić information content (AvgIpc) is 3.55. The summed E-state index contributed by atoms with van der Waals surface area (Å²) in [5.74, 6) is -0.642. The zero-order valence-corrected chi connectivity index (χ0v) is 21.3. The summed E-state index contributed by atoms with van der Waals surface area (Å²) in [6.07, 6.45) is 1.53. The number of carbonyl (C=O) groups is 3. The number of amides is 2. The van der Waals surface area contributed by atoms with Crippen molar-refractivity contribution in [3.63, 3.8) is 0 Å². The van der Waals surface area contributed by atoms with Gasteiger partial charge in [0.1, 0.15) is 6.04 Å². The zero-order valence-electron chi connectivity index (χ0n) is 21.3. The van der Waals surface area contributed by atoms with Gasteiger partial charge in [0, 0.05) is 23.4 Å². The molecule has 3 aromatic carbocycles. The first-order chi connectivity index (χ1) is 18.4. The molecule has 0 bridgehead atoms. The maximum absolute atomic E-state index is 13.2. The van der Waals surface area contributed by atoms with Gasteiger partial charge < -0.3 is 19.4 Å². The van der Waals surface area contributed by atoms with Crippen LogP contribution in [0.5, 0.6) is 0 Å². The molecule has 1 aliphatic rings. The molecular formula is C30H27N3O5. The van der Waals surface area contributed by atoms with Crippen molar-refractivity contribution in [2.45, 2.75) is 26.4 Å². The molecule has 8 heteroatoms. The maximum atomic E-state index is 13.2. The minimum absolute atomic E-state index is 0.0266. The van der Waals surface area contributed by atoms with Crippen LogP contribution in [0.1, 0.15) is 40.5 Å². The molecule has 0 aliphatic carbocycles. The molecule has 0 fully saturated rings. The van der Waals surface area contributed by atoms with Crippen LogP contribution in [0.4, 0.5) is 5.69 Å². The first-order valence-corrected chi connectivity index (χ1v) is 12.3. The Hall–Kier alpha value is -4.72. The van der Waals surface area contributed by atoms with Gasteiger partial charge >= 0.3 is 11.9 Å². The number of oxazole rings is 1. The molecule has 0 radical (unpaired) electrons. The van der Waals surface area contributed by atoms with E-state index in [1.165, 1.54) is 13.3 Å². The standard InChI is InChI=1S/C30H27N3O5/c1-18(2)26(30(36)37-3)33-17-22-10-9-21(15-24(22)29(33)35)19-11-13-23(14-12-19)32-27(34)28-31-16-25(38-28)20-7-5-4-6-8-20/h4-16,18,26H,17H2,1-3H3,(H,32,34)/t26-/m0/s1. The molecule has 0 unspecified atom stereocenters. The second kappa shape index (κ2) is 10.3. The first kappa shape index (κ1) is 25.0. The molecule has 8 nitrogen and oxygen atoms in total. The van der Waals surface area contributed by atoms with Crippen molar-refractivity contribution >= 4 is 23.5 Å². The van der Waals surface area contributed by atoms with Crippen LogP contribution in [0, 0.1) is 5.92 Å². The lowest BCUT2D eigenvalue weighted by Crippen LogP contribution is -2.45. The number of ether oxygens (including phenoxy) is 1. The third-order valence-corrected chi connectivity index (χ3v) is 6.59. The van der Waals surface area contributed by atoms with E-state index in [1.807, 2.05) is 74.5 Å². The summed E-state index contributed by atoms with van der Waals surface area (Å²) in [6.45, 7) is 4.16. The Morgan fingerprint density at radius 2 is 1.68 bits per heavy atom. The number of rotatable bonds is 7. The molecule has 0 saturated carbocycles. The van der Waals surface area contributed by atoms with Crippen LogP contribution >= 0.6 is 0 Å². The third kappa shape index (κ3) is 4.80. The van der Waals surface area contributed by atoms with Crippen molar-refractivity contribution in [2.75, 3.05) is 12.4 Å². The minimum atomic E-state index is -0.640. The Kier molecular flexibility index (Phi) is 6.79. The molecule has 1 aromatic heterocycles. The van der Waals surface area contributed by atoms with Crippen LogP contribution in [0.25, 0.3) is 22.5 Å². The predicted octanol–water partition coefficient (Wildman–Crippen LogP) is 5.41. The molecule has 0 spiro atoms. The summed E-state index contributed by atoms with van der Waals surface area (Å²) in [5.41, 5.74) is 4.61. The van der Waals surface area contributed by atoms with Crippen LogP contribution in [0.15, 0.2) is 83.4 Å². The Bertz CT molecular complexity index is 1490. The number of carbonyl (C=O) groups excluding carboxylic acids is 3. The number of fused-ring (bicyclic) bond motifs is 1. The number of anilines is 1. The summed E-state index contributed by atoms with van der Waals surface area (Å²) in [4.78, 5) is 43.9. The van der Waals surface area contributed by atoms with Gasteiger partial charge in [-0.1, -0.05) is 68.4 Å². The Morgan fingerprint density at radius 1 is 0.974 bits per heavy atom. The van der Waals surface area contributed by atoms with Crippen LogP contribution in [-0.2, 0) is 16.1 Å². The number of hydrogen-bond donors (Lipinski definition) is 1. The molecule has 38 heavy (non-hydrogen) atoms. The van der Waals surface area contributed by atoms with Crippen LogP contribution < -0.4 is 5.32 Å². The molecule has 1 aliphatic heterocycles. The second-order valence-electron chi connectivity index (χ2n) is 9.44. The molecule has 2 amide bonds. The van der Waals surface area contributed by atoms with E-state index >= 15 is 0 Å². The van der Waals surface area contributed by atoms with Crippen LogP contribution in [0.2, 0.25) is 0 Å². The van der Waals surface area contributed by atoms with Crippen molar-refractivity contribution in [1.29, 1.82) is 0 Å². The van der Waals surface area contributed by atoms with Crippen molar-refractivity contribution in [2.24, 2.45) is 5.92 Å². The molecule has 1 N–H and O–H groups in total. The fourth-order valence-corrected chi connectivity index (χ4v) is 4.65. The number of esters is 1. The predicted molar refractivity (Wildman–Crippen MR) is 142 cm³/mol. The van der Waals surface area contributed by atoms with Crippen molar-refractivity contribution in [3.05, 3.63) is 96.0 Å². The van der Waals surface area contributed by atoms with Crippen molar-refractivity contribution < 1.29 is 23.5 Å². The highest BCUT2D eigenvalue weighted by Crippen LogP contribution is 2.32. The Morgan fingerprint density at radius 3 is 2.37 bits per heavy atom. The number of nitrogens with zero attached hydrogens (tertiary/aromatic N) is 2. The van der Waals surface area contributed by atoms with E-state index in [0.29, 0.717) is 23.6 Å². The third-order valence-electron chi connectivity index (χ3n) is 6.59. The molecule has 2 heterocycles. The van der Waals surface area contributed by atoms with E-state index in [1.54, 1.807) is 17.0 Å². The van der Waals surface area contributed by atoms with Gasteiger partial charge in [-0.3, -0.25) is 9.59 Å². The van der Waals surface area contributed by atoms with Gasteiger partial charge in [0.25, 0.3) is 11.8 Å². The second-order valence-corrected chi connectivity index (χ2v) is 9.44. The van der Waals surface area contributed by atoms with Gasteiger partial charge in [0.15, 0.2) is 5.76 Å². The maximum Gasteiger partial charge on any atom is 0.328 e. The van der Waals surface area contributed by atoms with Crippen molar-refractivity contribution in [1.82, 2.24) is 9.88 Å². The van der Waals surface area contributed by atoms with Crippen molar-refractivity contribution in [3.8, 4) is 22.5 Å². The van der Waals surface area contributed by atoms with Crippen LogP contribution in [0.3, 0.4) is 0 Å². The van der Waals surface area contributed by atoms with E-state index in [9.17, 15) is 14.4 Å². The monoisotopic (exact) mass is 509 g/mol. The lowest BCUT2D eigenvalue weighted by atomic mass is 10.00. The molecule has 5 rings (SSSR count). The average molecular weight is 510 g/mol. The normalized spacial score (nSPS) is 13.4. The SMILES string of the molecule is COC(=O)[C@H](C(C)C)N1Cc2ccc(-c3ccc(NC(=O)c4ncc(-c5ccccc5)o4)cc3)cc2C1=O. The van der Waals surface area contributed by atoms with E-state index in [2.05, 4.69) is 10.3 Å². The Balaban J connectivity index is 1.29. The smallest absolute Gasteiger partial charge is 0.328 e. The van der Waals surface area contributed by atoms with E-state index in [4.69, 9.17) is 9.15 Å². The van der Waals surface area contributed by atoms with E-state index in [-0.39, 0.29) is 17.7 Å². The number of aromatic nitrogens is 1. The first-order valence-electron chi connectivity index (χ1n) is 12.3. The topological polar surface area (TPSA) is 102 Å². The van der Waals surface area contributed by atoms with Gasteiger partial charge in [-0.25, -0.2) is 9.78 Å². The fraction of sp³-hybridized carbons (Fsp3) is 0.200. The molecule has 192 valence electrons.